The van der Waals surface area contributed by atoms with Crippen LogP contribution in [0, 0.1) is 0 Å². The van der Waals surface area contributed by atoms with Crippen molar-refractivity contribution in [3.63, 3.8) is 0 Å². The van der Waals surface area contributed by atoms with Gasteiger partial charge in [-0.1, -0.05) is 6.07 Å². The number of rotatable bonds is 4. The Hall–Kier alpha value is -0.740. The molecule has 0 spiro atoms. The van der Waals surface area contributed by atoms with Gasteiger partial charge in [0.15, 0.2) is 5.96 Å². The lowest BCUT2D eigenvalue weighted by molar-refractivity contribution is 0.122. The molecule has 2 fully saturated rings. The Kier molecular flexibility index (Phi) is 8.94. The lowest BCUT2D eigenvalue weighted by Crippen LogP contribution is -2.50. The van der Waals surface area contributed by atoms with Crippen LogP contribution in [0.1, 0.15) is 26.3 Å². The number of thioether (sulfide) groups is 1. The highest BCUT2D eigenvalue weighted by atomic mass is 127. The van der Waals surface area contributed by atoms with Crippen LogP contribution >= 0.6 is 35.7 Å². The maximum atomic E-state index is 5.40. The van der Waals surface area contributed by atoms with Crippen molar-refractivity contribution in [2.24, 2.45) is 4.99 Å². The summed E-state index contributed by atoms with van der Waals surface area (Å²) in [4.78, 5) is 14.1. The summed E-state index contributed by atoms with van der Waals surface area (Å²) in [5, 5.41) is 3.45. The number of anilines is 1. The van der Waals surface area contributed by atoms with Crippen molar-refractivity contribution < 1.29 is 4.74 Å². The Labute approximate surface area is 184 Å². The fourth-order valence-electron chi connectivity index (χ4n) is 3.28. The van der Waals surface area contributed by atoms with E-state index in [4.69, 9.17) is 9.73 Å². The molecule has 3 rings (SSSR count). The van der Waals surface area contributed by atoms with Gasteiger partial charge in [0.25, 0.3) is 0 Å². The van der Waals surface area contributed by atoms with Crippen molar-refractivity contribution >= 4 is 47.5 Å². The third kappa shape index (κ3) is 6.67. The lowest BCUT2D eigenvalue weighted by Gasteiger charge is -2.39. The van der Waals surface area contributed by atoms with Crippen LogP contribution in [0.25, 0.3) is 0 Å². The van der Waals surface area contributed by atoms with Gasteiger partial charge >= 0.3 is 0 Å². The minimum Gasteiger partial charge on any atom is -0.378 e. The van der Waals surface area contributed by atoms with Crippen molar-refractivity contribution in [1.82, 2.24) is 15.2 Å². The smallest absolute Gasteiger partial charge is 0.194 e. The van der Waals surface area contributed by atoms with Gasteiger partial charge < -0.3 is 19.9 Å². The van der Waals surface area contributed by atoms with Gasteiger partial charge in [-0.25, -0.2) is 9.98 Å². The maximum Gasteiger partial charge on any atom is 0.194 e. The molecule has 0 unspecified atom stereocenters. The number of halogens is 1. The van der Waals surface area contributed by atoms with Gasteiger partial charge in [-0.3, -0.25) is 0 Å². The average molecular weight is 505 g/mol. The van der Waals surface area contributed by atoms with Crippen LogP contribution in [0.3, 0.4) is 0 Å². The average Bonchev–Trinajstić information content (AvgIpc) is 2.65. The first kappa shape index (κ1) is 22.5. The highest BCUT2D eigenvalue weighted by Crippen LogP contribution is 2.29. The zero-order chi connectivity index (χ0) is 18.4. The van der Waals surface area contributed by atoms with Crippen molar-refractivity contribution in [2.45, 2.75) is 32.1 Å². The highest BCUT2D eigenvalue weighted by Gasteiger charge is 2.28. The summed E-state index contributed by atoms with van der Waals surface area (Å²) in [7, 11) is 0. The summed E-state index contributed by atoms with van der Waals surface area (Å²) < 4.78 is 5.68. The number of guanidine groups is 1. The van der Waals surface area contributed by atoms with Crippen LogP contribution in [0.15, 0.2) is 23.3 Å². The predicted octanol–water partition coefficient (Wildman–Crippen LogP) is 2.83. The Morgan fingerprint density at radius 3 is 2.70 bits per heavy atom. The molecule has 152 valence electrons. The monoisotopic (exact) mass is 505 g/mol. The zero-order valence-electron chi connectivity index (χ0n) is 16.6. The van der Waals surface area contributed by atoms with E-state index in [2.05, 4.69) is 53.0 Å². The van der Waals surface area contributed by atoms with Crippen LogP contribution in [0.5, 0.6) is 0 Å². The quantitative estimate of drug-likeness (QED) is 0.386. The van der Waals surface area contributed by atoms with Gasteiger partial charge in [0.2, 0.25) is 0 Å². The molecule has 2 saturated heterocycles. The summed E-state index contributed by atoms with van der Waals surface area (Å²) in [5.74, 6) is 3.19. The van der Waals surface area contributed by atoms with Gasteiger partial charge in [0.1, 0.15) is 5.82 Å². The second kappa shape index (κ2) is 10.7. The van der Waals surface area contributed by atoms with Gasteiger partial charge in [0.05, 0.1) is 19.8 Å². The number of hydrogen-bond donors (Lipinski definition) is 1. The summed E-state index contributed by atoms with van der Waals surface area (Å²) >= 11 is 2.04. The molecule has 0 aliphatic carbocycles. The molecule has 1 aromatic rings. The van der Waals surface area contributed by atoms with Crippen molar-refractivity contribution in [2.75, 3.05) is 56.6 Å². The number of aliphatic imine (C=N–C) groups is 1. The molecule has 0 saturated carbocycles. The maximum absolute atomic E-state index is 5.40. The predicted molar refractivity (Wildman–Crippen MR) is 126 cm³/mol. The minimum absolute atomic E-state index is 0. The molecule has 0 aromatic carbocycles. The van der Waals surface area contributed by atoms with Gasteiger partial charge in [-0.15, -0.1) is 24.0 Å². The Bertz CT molecular complexity index is 605. The van der Waals surface area contributed by atoms with Gasteiger partial charge in [-0.05, 0) is 32.4 Å². The van der Waals surface area contributed by atoms with E-state index in [1.807, 2.05) is 18.0 Å². The standard InChI is InChI=1S/C19H31N5OS.HI/c1-4-20-18(24-9-12-26-19(2,3)15-24)22-14-16-5-6-17(21-13-16)23-7-10-25-11-8-23;/h5-6,13H,4,7-12,14-15H2,1-3H3,(H,20,22);1H. The van der Waals surface area contributed by atoms with Crippen LogP contribution in [0.2, 0.25) is 0 Å². The zero-order valence-corrected chi connectivity index (χ0v) is 19.8. The molecule has 0 atom stereocenters. The molecule has 27 heavy (non-hydrogen) atoms. The SMILES string of the molecule is CCNC(=NCc1ccc(N2CCOCC2)nc1)N1CCSC(C)(C)C1.I. The highest BCUT2D eigenvalue weighted by molar-refractivity contribution is 14.0. The van der Waals surface area contributed by atoms with E-state index in [9.17, 15) is 0 Å². The first-order chi connectivity index (χ1) is 12.6. The van der Waals surface area contributed by atoms with Gasteiger partial charge in [0, 0.05) is 49.4 Å². The Morgan fingerprint density at radius 1 is 1.30 bits per heavy atom. The topological polar surface area (TPSA) is 53.0 Å². The summed E-state index contributed by atoms with van der Waals surface area (Å²) in [6.07, 6.45) is 1.95. The molecular weight excluding hydrogens is 473 g/mol. The summed E-state index contributed by atoms with van der Waals surface area (Å²) in [6.45, 7) is 13.7. The molecule has 1 aromatic heterocycles. The van der Waals surface area contributed by atoms with E-state index in [1.165, 1.54) is 0 Å². The Balaban J connectivity index is 0.00000261. The number of nitrogens with one attached hydrogen (secondary N) is 1. The Morgan fingerprint density at radius 2 is 2.07 bits per heavy atom. The van der Waals surface area contributed by atoms with E-state index >= 15 is 0 Å². The molecular formula is C19H32IN5OS. The molecule has 3 heterocycles. The number of nitrogens with zero attached hydrogens (tertiary/aromatic N) is 4. The van der Waals surface area contributed by atoms with Gasteiger partial charge in [-0.2, -0.15) is 11.8 Å². The van der Waals surface area contributed by atoms with Crippen LogP contribution in [-0.2, 0) is 11.3 Å². The molecule has 0 radical (unpaired) electrons. The van der Waals surface area contributed by atoms with E-state index in [0.29, 0.717) is 6.54 Å². The van der Waals surface area contributed by atoms with Crippen molar-refractivity contribution in [3.8, 4) is 0 Å². The van der Waals surface area contributed by atoms with Crippen molar-refractivity contribution in [3.05, 3.63) is 23.9 Å². The minimum atomic E-state index is 0. The number of aromatic nitrogens is 1. The second-order valence-corrected chi connectivity index (χ2v) is 9.13. The van der Waals surface area contributed by atoms with Crippen molar-refractivity contribution in [1.29, 1.82) is 0 Å². The molecule has 1 N–H and O–H groups in total. The molecule has 0 bridgehead atoms. The van der Waals surface area contributed by atoms with E-state index in [0.717, 1.165) is 69.0 Å². The fourth-order valence-corrected chi connectivity index (χ4v) is 4.39. The molecule has 2 aliphatic rings. The third-order valence-electron chi connectivity index (χ3n) is 4.62. The van der Waals surface area contributed by atoms with Crippen LogP contribution in [-0.4, -0.2) is 72.3 Å². The van der Waals surface area contributed by atoms with Crippen LogP contribution in [0.4, 0.5) is 5.82 Å². The van der Waals surface area contributed by atoms with E-state index in [-0.39, 0.29) is 28.7 Å². The molecule has 0 amide bonds. The normalized spacial score (nSPS) is 20.2. The molecule has 2 aliphatic heterocycles. The first-order valence-electron chi connectivity index (χ1n) is 9.52. The van der Waals surface area contributed by atoms with Crippen LogP contribution < -0.4 is 10.2 Å². The number of pyridine rings is 1. The molecule has 6 nitrogen and oxygen atoms in total. The fraction of sp³-hybridized carbons (Fsp3) is 0.684. The molecule has 8 heteroatoms. The lowest BCUT2D eigenvalue weighted by atomic mass is 10.2. The third-order valence-corrected chi connectivity index (χ3v) is 5.91. The van der Waals surface area contributed by atoms with E-state index in [1.54, 1.807) is 0 Å². The summed E-state index contributed by atoms with van der Waals surface area (Å²) in [5.41, 5.74) is 1.14. The second-order valence-electron chi connectivity index (χ2n) is 7.32. The largest absolute Gasteiger partial charge is 0.378 e. The number of hydrogen-bond acceptors (Lipinski definition) is 5. The number of morpholine rings is 1. The number of ether oxygens (including phenoxy) is 1. The first-order valence-corrected chi connectivity index (χ1v) is 10.5. The van der Waals surface area contributed by atoms with E-state index < -0.39 is 0 Å². The summed E-state index contributed by atoms with van der Waals surface area (Å²) in [6, 6.07) is 4.24.